The molecule has 0 saturated carbocycles. The second-order valence-corrected chi connectivity index (χ2v) is 6.47. The molecule has 1 aromatic rings. The van der Waals surface area contributed by atoms with Crippen molar-refractivity contribution in [2.45, 2.75) is 31.3 Å². The Balaban J connectivity index is 2.95. The summed E-state index contributed by atoms with van der Waals surface area (Å²) in [6.45, 7) is 6.22. The first kappa shape index (κ1) is 13.8. The van der Waals surface area contributed by atoms with Crippen LogP contribution in [-0.4, -0.2) is 15.8 Å². The van der Waals surface area contributed by atoms with Crippen LogP contribution in [-0.2, 0) is 5.75 Å². The van der Waals surface area contributed by atoms with Gasteiger partial charge in [-0.2, -0.15) is 11.8 Å². The highest BCUT2D eigenvalue weighted by Gasteiger charge is 2.15. The van der Waals surface area contributed by atoms with Gasteiger partial charge >= 0.3 is 0 Å². The van der Waals surface area contributed by atoms with E-state index in [0.717, 1.165) is 0 Å². The van der Waals surface area contributed by atoms with Crippen LogP contribution in [0.4, 0.5) is 4.39 Å². The lowest BCUT2D eigenvalue weighted by molar-refractivity contribution is 0.318. The second-order valence-electron chi connectivity index (χ2n) is 4.66. The molecule has 0 spiro atoms. The van der Waals surface area contributed by atoms with E-state index in [2.05, 4.69) is 25.9 Å². The van der Waals surface area contributed by atoms with Gasteiger partial charge in [0.15, 0.2) is 5.84 Å². The average Bonchev–Trinajstić information content (AvgIpc) is 2.25. The van der Waals surface area contributed by atoms with Gasteiger partial charge in [0.1, 0.15) is 5.82 Å². The Morgan fingerprint density at radius 3 is 2.65 bits per heavy atom. The van der Waals surface area contributed by atoms with Gasteiger partial charge in [-0.05, 0) is 11.6 Å². The van der Waals surface area contributed by atoms with Gasteiger partial charge in [-0.1, -0.05) is 38.1 Å². The molecule has 0 unspecified atom stereocenters. The molecule has 94 valence electrons. The lowest BCUT2D eigenvalue weighted by Crippen LogP contribution is -2.16. The fourth-order valence-electron chi connectivity index (χ4n) is 1.24. The SMILES string of the molecule is CC(C)(C)SCc1cccc(/C(N)=N/O)c1F. The summed E-state index contributed by atoms with van der Waals surface area (Å²) in [5.41, 5.74) is 6.10. The molecule has 0 aromatic heterocycles. The van der Waals surface area contributed by atoms with E-state index >= 15 is 0 Å². The van der Waals surface area contributed by atoms with Crippen LogP contribution in [0.5, 0.6) is 0 Å². The van der Waals surface area contributed by atoms with Crippen LogP contribution < -0.4 is 5.73 Å². The Labute approximate surface area is 105 Å². The molecule has 1 aromatic carbocycles. The highest BCUT2D eigenvalue weighted by Crippen LogP contribution is 2.28. The molecule has 0 aliphatic heterocycles. The summed E-state index contributed by atoms with van der Waals surface area (Å²) < 4.78 is 14.1. The third-order valence-corrected chi connectivity index (χ3v) is 3.44. The van der Waals surface area contributed by atoms with E-state index in [1.807, 2.05) is 0 Å². The molecular weight excluding hydrogens is 239 g/mol. The molecule has 1 rings (SSSR count). The van der Waals surface area contributed by atoms with E-state index in [1.54, 1.807) is 23.9 Å². The second kappa shape index (κ2) is 5.40. The molecule has 0 amide bonds. The van der Waals surface area contributed by atoms with Crippen molar-refractivity contribution in [3.8, 4) is 0 Å². The molecule has 0 heterocycles. The zero-order valence-electron chi connectivity index (χ0n) is 10.2. The molecule has 0 fully saturated rings. The van der Waals surface area contributed by atoms with Gasteiger partial charge in [-0.3, -0.25) is 0 Å². The standard InChI is InChI=1S/C12H17FN2OS/c1-12(2,3)17-7-8-5-4-6-9(10(8)13)11(14)15-16/h4-6,16H,7H2,1-3H3,(H2,14,15). The first-order valence-corrected chi connectivity index (χ1v) is 6.23. The summed E-state index contributed by atoms with van der Waals surface area (Å²) in [6.07, 6.45) is 0. The molecule has 0 aliphatic rings. The molecular formula is C12H17FN2OS. The number of halogens is 1. The van der Waals surface area contributed by atoms with Crippen LogP contribution in [0.15, 0.2) is 23.4 Å². The zero-order valence-corrected chi connectivity index (χ0v) is 11.0. The van der Waals surface area contributed by atoms with Crippen LogP contribution >= 0.6 is 11.8 Å². The van der Waals surface area contributed by atoms with Crippen molar-refractivity contribution < 1.29 is 9.60 Å². The number of nitrogens with zero attached hydrogens (tertiary/aromatic N) is 1. The van der Waals surface area contributed by atoms with E-state index in [0.29, 0.717) is 11.3 Å². The van der Waals surface area contributed by atoms with E-state index in [9.17, 15) is 4.39 Å². The molecule has 0 saturated heterocycles. The maximum atomic E-state index is 14.0. The van der Waals surface area contributed by atoms with Crippen LogP contribution in [0.25, 0.3) is 0 Å². The van der Waals surface area contributed by atoms with E-state index in [-0.39, 0.29) is 16.1 Å². The number of nitrogens with two attached hydrogens (primary N) is 1. The van der Waals surface area contributed by atoms with Gasteiger partial charge in [0, 0.05) is 10.5 Å². The lowest BCUT2D eigenvalue weighted by Gasteiger charge is -2.18. The number of hydrogen-bond donors (Lipinski definition) is 2. The molecule has 0 bridgehead atoms. The van der Waals surface area contributed by atoms with Crippen LogP contribution in [0.1, 0.15) is 31.9 Å². The number of hydrogen-bond acceptors (Lipinski definition) is 3. The predicted octanol–water partition coefficient (Wildman–Crippen LogP) is 2.95. The first-order chi connectivity index (χ1) is 7.85. The van der Waals surface area contributed by atoms with E-state index in [4.69, 9.17) is 10.9 Å². The van der Waals surface area contributed by atoms with Gasteiger partial charge in [-0.25, -0.2) is 4.39 Å². The minimum Gasteiger partial charge on any atom is -0.409 e. The number of oxime groups is 1. The average molecular weight is 256 g/mol. The topological polar surface area (TPSA) is 58.6 Å². The van der Waals surface area contributed by atoms with Crippen molar-refractivity contribution in [3.05, 3.63) is 35.1 Å². The summed E-state index contributed by atoms with van der Waals surface area (Å²) in [5.74, 6) is -0.0633. The Hall–Kier alpha value is -1.23. The quantitative estimate of drug-likeness (QED) is 0.378. The third kappa shape index (κ3) is 3.93. The summed E-state index contributed by atoms with van der Waals surface area (Å²) in [4.78, 5) is 0. The minimum atomic E-state index is -0.417. The normalized spacial score (nSPS) is 12.8. The van der Waals surface area contributed by atoms with Crippen molar-refractivity contribution in [2.75, 3.05) is 0 Å². The van der Waals surface area contributed by atoms with Crippen LogP contribution in [0.3, 0.4) is 0 Å². The van der Waals surface area contributed by atoms with Gasteiger partial charge in [-0.15, -0.1) is 0 Å². The summed E-state index contributed by atoms with van der Waals surface area (Å²) >= 11 is 1.65. The highest BCUT2D eigenvalue weighted by molar-refractivity contribution is 7.99. The Bertz CT molecular complexity index is 427. The Morgan fingerprint density at radius 1 is 1.47 bits per heavy atom. The fraction of sp³-hybridized carbons (Fsp3) is 0.417. The van der Waals surface area contributed by atoms with Crippen molar-refractivity contribution in [2.24, 2.45) is 10.9 Å². The molecule has 3 N–H and O–H groups in total. The first-order valence-electron chi connectivity index (χ1n) is 5.24. The monoisotopic (exact) mass is 256 g/mol. The molecule has 17 heavy (non-hydrogen) atoms. The third-order valence-electron chi connectivity index (χ3n) is 2.12. The Kier molecular flexibility index (Phi) is 4.40. The molecule has 0 aliphatic carbocycles. The summed E-state index contributed by atoms with van der Waals surface area (Å²) in [6, 6.07) is 4.91. The van der Waals surface area contributed by atoms with Crippen molar-refractivity contribution in [1.82, 2.24) is 0 Å². The van der Waals surface area contributed by atoms with Crippen LogP contribution in [0.2, 0.25) is 0 Å². The van der Waals surface area contributed by atoms with Gasteiger partial charge < -0.3 is 10.9 Å². The van der Waals surface area contributed by atoms with Crippen molar-refractivity contribution in [3.63, 3.8) is 0 Å². The smallest absolute Gasteiger partial charge is 0.173 e. The number of rotatable bonds is 3. The maximum absolute atomic E-state index is 14.0. The molecule has 0 radical (unpaired) electrons. The number of thioether (sulfide) groups is 1. The lowest BCUT2D eigenvalue weighted by atomic mass is 10.1. The Morgan fingerprint density at radius 2 is 2.12 bits per heavy atom. The van der Waals surface area contributed by atoms with E-state index < -0.39 is 5.82 Å². The van der Waals surface area contributed by atoms with Crippen molar-refractivity contribution >= 4 is 17.6 Å². The summed E-state index contributed by atoms with van der Waals surface area (Å²) in [7, 11) is 0. The van der Waals surface area contributed by atoms with E-state index in [1.165, 1.54) is 6.07 Å². The molecule has 0 atom stereocenters. The summed E-state index contributed by atoms with van der Waals surface area (Å²) in [5, 5.41) is 11.4. The number of benzene rings is 1. The highest BCUT2D eigenvalue weighted by atomic mass is 32.2. The fourth-order valence-corrected chi connectivity index (χ4v) is 2.05. The zero-order chi connectivity index (χ0) is 13.1. The van der Waals surface area contributed by atoms with Gasteiger partial charge in [0.2, 0.25) is 0 Å². The van der Waals surface area contributed by atoms with Crippen LogP contribution in [0, 0.1) is 5.82 Å². The van der Waals surface area contributed by atoms with Gasteiger partial charge in [0.25, 0.3) is 0 Å². The minimum absolute atomic E-state index is 0.0685. The predicted molar refractivity (Wildman–Crippen MR) is 70.0 cm³/mol. The maximum Gasteiger partial charge on any atom is 0.173 e. The molecule has 5 heteroatoms. The number of amidine groups is 1. The largest absolute Gasteiger partial charge is 0.409 e. The molecule has 3 nitrogen and oxygen atoms in total. The van der Waals surface area contributed by atoms with Gasteiger partial charge in [0.05, 0.1) is 5.56 Å². The van der Waals surface area contributed by atoms with Crippen molar-refractivity contribution in [1.29, 1.82) is 0 Å².